The molecular formula is C15H18Br2N2O. The smallest absolute Gasteiger partial charge is 0.147 e. The molecule has 0 bridgehead atoms. The molecule has 1 aromatic heterocycles. The number of aryl methyl sites for hydroxylation is 2. The van der Waals surface area contributed by atoms with Crippen molar-refractivity contribution in [2.45, 2.75) is 27.3 Å². The van der Waals surface area contributed by atoms with Crippen molar-refractivity contribution < 1.29 is 4.74 Å². The zero-order valence-corrected chi connectivity index (χ0v) is 15.0. The van der Waals surface area contributed by atoms with E-state index >= 15 is 0 Å². The van der Waals surface area contributed by atoms with E-state index in [1.807, 2.05) is 6.92 Å². The van der Waals surface area contributed by atoms with Crippen LogP contribution in [-0.2, 0) is 6.54 Å². The fourth-order valence-electron chi connectivity index (χ4n) is 2.08. The van der Waals surface area contributed by atoms with Crippen LogP contribution < -0.4 is 10.2 Å². The van der Waals surface area contributed by atoms with Crippen LogP contribution in [-0.4, -0.2) is 11.3 Å². The van der Waals surface area contributed by atoms with Crippen LogP contribution >= 0.6 is 31.9 Å². The van der Waals surface area contributed by atoms with Crippen LogP contribution in [0.25, 0.3) is 0 Å². The standard InChI is InChI=1S/C15H18Br2N2O/c1-4-20-15-13(16)7-12(8-14(15)17)9-18-19-10(2)5-6-11(19)3/h5-8,18H,4,9H2,1-3H3. The van der Waals surface area contributed by atoms with Crippen LogP contribution in [0.15, 0.2) is 33.2 Å². The lowest BCUT2D eigenvalue weighted by atomic mass is 10.2. The molecule has 0 amide bonds. The Kier molecular flexibility index (Phi) is 5.16. The van der Waals surface area contributed by atoms with Gasteiger partial charge in [-0.05, 0) is 82.5 Å². The SMILES string of the molecule is CCOc1c(Br)cc(CNn2c(C)ccc2C)cc1Br. The van der Waals surface area contributed by atoms with Gasteiger partial charge in [-0.25, -0.2) is 0 Å². The normalized spacial score (nSPS) is 10.7. The Hall–Kier alpha value is -0.940. The molecule has 2 aromatic rings. The van der Waals surface area contributed by atoms with E-state index < -0.39 is 0 Å². The largest absolute Gasteiger partial charge is 0.492 e. The molecule has 1 heterocycles. The van der Waals surface area contributed by atoms with Crippen LogP contribution in [0.1, 0.15) is 23.9 Å². The fraction of sp³-hybridized carbons (Fsp3) is 0.333. The summed E-state index contributed by atoms with van der Waals surface area (Å²) in [5.74, 6) is 0.851. The molecule has 0 aliphatic carbocycles. The van der Waals surface area contributed by atoms with E-state index in [0.29, 0.717) is 6.61 Å². The molecule has 0 fully saturated rings. The van der Waals surface area contributed by atoms with Crippen molar-refractivity contribution in [1.82, 2.24) is 4.68 Å². The van der Waals surface area contributed by atoms with Gasteiger partial charge in [0.2, 0.25) is 0 Å². The van der Waals surface area contributed by atoms with E-state index in [2.05, 4.69) is 80.1 Å². The average Bonchev–Trinajstić information content (AvgIpc) is 2.71. The minimum atomic E-state index is 0.649. The van der Waals surface area contributed by atoms with Crippen molar-refractivity contribution >= 4 is 31.9 Å². The molecule has 5 heteroatoms. The van der Waals surface area contributed by atoms with Gasteiger partial charge in [-0.15, -0.1) is 0 Å². The maximum Gasteiger partial charge on any atom is 0.147 e. The molecule has 0 saturated carbocycles. The zero-order chi connectivity index (χ0) is 14.7. The third-order valence-corrected chi connectivity index (χ3v) is 4.24. The quantitative estimate of drug-likeness (QED) is 0.780. The van der Waals surface area contributed by atoms with Crippen molar-refractivity contribution in [2.24, 2.45) is 0 Å². The van der Waals surface area contributed by atoms with Crippen molar-refractivity contribution in [3.05, 3.63) is 50.2 Å². The number of nitrogens with one attached hydrogen (secondary N) is 1. The Bertz CT molecular complexity index is 565. The molecule has 0 radical (unpaired) electrons. The van der Waals surface area contributed by atoms with Gasteiger partial charge >= 0.3 is 0 Å². The zero-order valence-electron chi connectivity index (χ0n) is 11.8. The Morgan fingerprint density at radius 1 is 1.10 bits per heavy atom. The van der Waals surface area contributed by atoms with E-state index in [9.17, 15) is 0 Å². The lowest BCUT2D eigenvalue weighted by Crippen LogP contribution is -2.16. The van der Waals surface area contributed by atoms with Gasteiger partial charge in [0.15, 0.2) is 0 Å². The number of halogens is 2. The molecule has 0 spiro atoms. The van der Waals surface area contributed by atoms with Gasteiger partial charge in [-0.3, -0.25) is 4.68 Å². The maximum absolute atomic E-state index is 5.59. The number of rotatable bonds is 5. The van der Waals surface area contributed by atoms with Crippen LogP contribution in [0, 0.1) is 13.8 Å². The summed E-state index contributed by atoms with van der Waals surface area (Å²) in [6.07, 6.45) is 0. The first-order valence-electron chi connectivity index (χ1n) is 6.52. The number of benzene rings is 1. The Labute approximate surface area is 136 Å². The predicted octanol–water partition coefficient (Wildman–Crippen LogP) is 4.77. The number of nitrogens with zero attached hydrogens (tertiary/aromatic N) is 1. The molecule has 0 aliphatic rings. The Balaban J connectivity index is 2.15. The maximum atomic E-state index is 5.59. The molecule has 0 aliphatic heterocycles. The van der Waals surface area contributed by atoms with Crippen LogP contribution in [0.4, 0.5) is 0 Å². The third-order valence-electron chi connectivity index (χ3n) is 3.06. The second-order valence-electron chi connectivity index (χ2n) is 4.61. The summed E-state index contributed by atoms with van der Waals surface area (Å²) in [6.45, 7) is 7.55. The summed E-state index contributed by atoms with van der Waals surface area (Å²) >= 11 is 7.11. The monoisotopic (exact) mass is 400 g/mol. The first kappa shape index (κ1) is 15.4. The number of hydrogen-bond acceptors (Lipinski definition) is 2. The molecule has 108 valence electrons. The molecule has 3 nitrogen and oxygen atoms in total. The average molecular weight is 402 g/mol. The summed E-state index contributed by atoms with van der Waals surface area (Å²) in [5, 5.41) is 0. The highest BCUT2D eigenvalue weighted by molar-refractivity contribution is 9.11. The summed E-state index contributed by atoms with van der Waals surface area (Å²) < 4.78 is 9.62. The molecule has 0 saturated heterocycles. The van der Waals surface area contributed by atoms with E-state index in [-0.39, 0.29) is 0 Å². The van der Waals surface area contributed by atoms with E-state index in [4.69, 9.17) is 4.74 Å². The molecule has 20 heavy (non-hydrogen) atoms. The Morgan fingerprint density at radius 2 is 1.65 bits per heavy atom. The highest BCUT2D eigenvalue weighted by Crippen LogP contribution is 2.34. The molecule has 1 aromatic carbocycles. The highest BCUT2D eigenvalue weighted by atomic mass is 79.9. The van der Waals surface area contributed by atoms with Gasteiger partial charge in [0, 0.05) is 11.4 Å². The lowest BCUT2D eigenvalue weighted by Gasteiger charge is -2.15. The Morgan fingerprint density at radius 3 is 2.15 bits per heavy atom. The van der Waals surface area contributed by atoms with Crippen LogP contribution in [0.5, 0.6) is 5.75 Å². The van der Waals surface area contributed by atoms with Crippen molar-refractivity contribution in [3.8, 4) is 5.75 Å². The van der Waals surface area contributed by atoms with Crippen LogP contribution in [0.3, 0.4) is 0 Å². The number of aromatic nitrogens is 1. The highest BCUT2D eigenvalue weighted by Gasteiger charge is 2.09. The van der Waals surface area contributed by atoms with Gasteiger partial charge < -0.3 is 10.2 Å². The minimum absolute atomic E-state index is 0.649. The fourth-order valence-corrected chi connectivity index (χ4v) is 3.60. The van der Waals surface area contributed by atoms with Crippen molar-refractivity contribution in [1.29, 1.82) is 0 Å². The second-order valence-corrected chi connectivity index (χ2v) is 6.32. The summed E-state index contributed by atoms with van der Waals surface area (Å²) in [5.41, 5.74) is 7.00. The van der Waals surface area contributed by atoms with Gasteiger partial charge in [0.25, 0.3) is 0 Å². The van der Waals surface area contributed by atoms with Crippen molar-refractivity contribution in [2.75, 3.05) is 12.0 Å². The first-order valence-corrected chi connectivity index (χ1v) is 8.11. The lowest BCUT2D eigenvalue weighted by molar-refractivity contribution is 0.336. The molecule has 0 atom stereocenters. The van der Waals surface area contributed by atoms with Gasteiger partial charge in [0.05, 0.1) is 22.1 Å². The second kappa shape index (κ2) is 6.68. The van der Waals surface area contributed by atoms with Gasteiger partial charge in [0.1, 0.15) is 5.75 Å². The summed E-state index contributed by atoms with van der Waals surface area (Å²) in [7, 11) is 0. The van der Waals surface area contributed by atoms with Gasteiger partial charge in [-0.1, -0.05) is 0 Å². The number of ether oxygens (including phenoxy) is 1. The summed E-state index contributed by atoms with van der Waals surface area (Å²) in [4.78, 5) is 0. The number of hydrogen-bond donors (Lipinski definition) is 1. The minimum Gasteiger partial charge on any atom is -0.492 e. The molecule has 0 unspecified atom stereocenters. The third kappa shape index (κ3) is 3.38. The molecular weight excluding hydrogens is 384 g/mol. The molecule has 1 N–H and O–H groups in total. The van der Waals surface area contributed by atoms with Crippen LogP contribution in [0.2, 0.25) is 0 Å². The van der Waals surface area contributed by atoms with E-state index in [1.165, 1.54) is 17.0 Å². The van der Waals surface area contributed by atoms with E-state index in [1.54, 1.807) is 0 Å². The van der Waals surface area contributed by atoms with Gasteiger partial charge in [-0.2, -0.15) is 0 Å². The molecule has 2 rings (SSSR count). The van der Waals surface area contributed by atoms with E-state index in [0.717, 1.165) is 21.2 Å². The van der Waals surface area contributed by atoms with Crippen molar-refractivity contribution in [3.63, 3.8) is 0 Å². The first-order chi connectivity index (χ1) is 9.52. The predicted molar refractivity (Wildman–Crippen MR) is 90.0 cm³/mol. The summed E-state index contributed by atoms with van der Waals surface area (Å²) in [6, 6.07) is 8.37. The topological polar surface area (TPSA) is 26.2 Å².